The summed E-state index contributed by atoms with van der Waals surface area (Å²) in [7, 11) is 1.54. The highest BCUT2D eigenvalue weighted by Crippen LogP contribution is 2.20. The molecule has 0 saturated heterocycles. The molecule has 2 rings (SSSR count). The SMILES string of the molecule is CCn1cc(NC(=O)c2cc(OC)ccc2N)cn1. The predicted octanol–water partition coefficient (Wildman–Crippen LogP) is 1.75. The van der Waals surface area contributed by atoms with Crippen LogP contribution >= 0.6 is 0 Å². The third-order valence-corrected chi connectivity index (χ3v) is 2.72. The number of benzene rings is 1. The number of methoxy groups -OCH3 is 1. The number of anilines is 2. The van der Waals surface area contributed by atoms with Crippen molar-refractivity contribution in [1.82, 2.24) is 9.78 Å². The lowest BCUT2D eigenvalue weighted by molar-refractivity contribution is 0.102. The van der Waals surface area contributed by atoms with Crippen LogP contribution in [0.4, 0.5) is 11.4 Å². The first kappa shape index (κ1) is 12.9. The summed E-state index contributed by atoms with van der Waals surface area (Å²) in [6.07, 6.45) is 3.35. The fourth-order valence-electron chi connectivity index (χ4n) is 1.66. The Hall–Kier alpha value is -2.50. The van der Waals surface area contributed by atoms with Crippen LogP contribution in [0, 0.1) is 0 Å². The molecule has 0 spiro atoms. The van der Waals surface area contributed by atoms with Gasteiger partial charge in [-0.3, -0.25) is 9.48 Å². The Morgan fingerprint density at radius 1 is 1.53 bits per heavy atom. The highest BCUT2D eigenvalue weighted by molar-refractivity contribution is 6.07. The van der Waals surface area contributed by atoms with Crippen LogP contribution < -0.4 is 15.8 Å². The van der Waals surface area contributed by atoms with Gasteiger partial charge in [-0.2, -0.15) is 5.10 Å². The number of nitrogens with one attached hydrogen (secondary N) is 1. The number of nitrogen functional groups attached to an aromatic ring is 1. The second-order valence-corrected chi connectivity index (χ2v) is 3.99. The van der Waals surface area contributed by atoms with E-state index < -0.39 is 0 Å². The zero-order valence-corrected chi connectivity index (χ0v) is 10.9. The lowest BCUT2D eigenvalue weighted by Gasteiger charge is -2.07. The number of rotatable bonds is 4. The smallest absolute Gasteiger partial charge is 0.257 e. The Bertz CT molecular complexity index is 592. The van der Waals surface area contributed by atoms with Gasteiger partial charge in [0.15, 0.2) is 0 Å². The number of hydrogen-bond donors (Lipinski definition) is 2. The van der Waals surface area contributed by atoms with Gasteiger partial charge in [0, 0.05) is 18.4 Å². The molecule has 0 fully saturated rings. The number of ether oxygens (including phenoxy) is 1. The molecule has 0 bridgehead atoms. The molecule has 2 aromatic rings. The van der Waals surface area contributed by atoms with Crippen LogP contribution in [0.25, 0.3) is 0 Å². The van der Waals surface area contributed by atoms with E-state index in [1.54, 1.807) is 42.4 Å². The van der Waals surface area contributed by atoms with Gasteiger partial charge < -0.3 is 15.8 Å². The normalized spacial score (nSPS) is 10.2. The van der Waals surface area contributed by atoms with E-state index in [1.165, 1.54) is 0 Å². The van der Waals surface area contributed by atoms with E-state index in [9.17, 15) is 4.79 Å². The van der Waals surface area contributed by atoms with Crippen molar-refractivity contribution in [3.8, 4) is 5.75 Å². The van der Waals surface area contributed by atoms with E-state index in [-0.39, 0.29) is 5.91 Å². The second-order valence-electron chi connectivity index (χ2n) is 3.99. The van der Waals surface area contributed by atoms with Crippen LogP contribution in [0.1, 0.15) is 17.3 Å². The third kappa shape index (κ3) is 2.85. The summed E-state index contributed by atoms with van der Waals surface area (Å²) >= 11 is 0. The number of hydrogen-bond acceptors (Lipinski definition) is 4. The first-order chi connectivity index (χ1) is 9.13. The number of nitrogens with two attached hydrogens (primary N) is 1. The zero-order valence-electron chi connectivity index (χ0n) is 10.9. The van der Waals surface area contributed by atoms with Gasteiger partial charge in [-0.25, -0.2) is 0 Å². The maximum Gasteiger partial charge on any atom is 0.257 e. The average Bonchev–Trinajstić information content (AvgIpc) is 2.87. The highest BCUT2D eigenvalue weighted by atomic mass is 16.5. The first-order valence-corrected chi connectivity index (χ1v) is 5.91. The summed E-state index contributed by atoms with van der Waals surface area (Å²) in [4.78, 5) is 12.1. The van der Waals surface area contributed by atoms with Crippen LogP contribution in [0.5, 0.6) is 5.75 Å². The minimum atomic E-state index is -0.285. The summed E-state index contributed by atoms with van der Waals surface area (Å²) < 4.78 is 6.81. The van der Waals surface area contributed by atoms with Crippen LogP contribution in [0.2, 0.25) is 0 Å². The van der Waals surface area contributed by atoms with Crippen LogP contribution in [0.15, 0.2) is 30.6 Å². The van der Waals surface area contributed by atoms with Crippen molar-refractivity contribution in [3.63, 3.8) is 0 Å². The molecule has 6 nitrogen and oxygen atoms in total. The van der Waals surface area contributed by atoms with Crippen molar-refractivity contribution in [2.24, 2.45) is 0 Å². The molecule has 6 heteroatoms. The van der Waals surface area contributed by atoms with E-state index in [4.69, 9.17) is 10.5 Å². The Labute approximate surface area is 111 Å². The van der Waals surface area contributed by atoms with Crippen LogP contribution in [0.3, 0.4) is 0 Å². The molecule has 0 unspecified atom stereocenters. The van der Waals surface area contributed by atoms with Crippen molar-refractivity contribution < 1.29 is 9.53 Å². The van der Waals surface area contributed by atoms with E-state index in [1.807, 2.05) is 6.92 Å². The molecular formula is C13H16N4O2. The monoisotopic (exact) mass is 260 g/mol. The number of carbonyl (C=O) groups is 1. The molecule has 0 aliphatic carbocycles. The zero-order chi connectivity index (χ0) is 13.8. The molecule has 1 aromatic heterocycles. The summed E-state index contributed by atoms with van der Waals surface area (Å²) in [5, 5.41) is 6.83. The Balaban J connectivity index is 2.19. The second kappa shape index (κ2) is 5.43. The van der Waals surface area contributed by atoms with Crippen molar-refractivity contribution in [2.75, 3.05) is 18.2 Å². The quantitative estimate of drug-likeness (QED) is 0.820. The molecule has 100 valence electrons. The highest BCUT2D eigenvalue weighted by Gasteiger charge is 2.12. The molecule has 19 heavy (non-hydrogen) atoms. The van der Waals surface area contributed by atoms with E-state index in [0.29, 0.717) is 22.7 Å². The molecule has 3 N–H and O–H groups in total. The van der Waals surface area contributed by atoms with Gasteiger partial charge in [-0.15, -0.1) is 0 Å². The van der Waals surface area contributed by atoms with Gasteiger partial charge in [-0.1, -0.05) is 0 Å². The summed E-state index contributed by atoms with van der Waals surface area (Å²) in [6, 6.07) is 4.96. The maximum absolute atomic E-state index is 12.1. The summed E-state index contributed by atoms with van der Waals surface area (Å²) in [5.74, 6) is 0.302. The molecule has 0 aliphatic heterocycles. The standard InChI is InChI=1S/C13H16N4O2/c1-3-17-8-9(7-15-17)16-13(18)11-6-10(19-2)4-5-12(11)14/h4-8H,3,14H2,1-2H3,(H,16,18). The average molecular weight is 260 g/mol. The topological polar surface area (TPSA) is 82.2 Å². The third-order valence-electron chi connectivity index (χ3n) is 2.72. The van der Waals surface area contributed by atoms with Crippen molar-refractivity contribution in [3.05, 3.63) is 36.2 Å². The van der Waals surface area contributed by atoms with Gasteiger partial charge in [0.25, 0.3) is 5.91 Å². The molecular weight excluding hydrogens is 244 g/mol. The van der Waals surface area contributed by atoms with E-state index >= 15 is 0 Å². The minimum Gasteiger partial charge on any atom is -0.497 e. The van der Waals surface area contributed by atoms with E-state index in [2.05, 4.69) is 10.4 Å². The number of nitrogens with zero attached hydrogens (tertiary/aromatic N) is 2. The molecule has 0 aliphatic rings. The van der Waals surface area contributed by atoms with Gasteiger partial charge in [0.05, 0.1) is 24.6 Å². The molecule has 1 heterocycles. The lowest BCUT2D eigenvalue weighted by Crippen LogP contribution is -2.13. The number of aryl methyl sites for hydroxylation is 1. The van der Waals surface area contributed by atoms with Gasteiger partial charge in [0.2, 0.25) is 0 Å². The summed E-state index contributed by atoms with van der Waals surface area (Å²) in [5.41, 5.74) is 7.21. The fourth-order valence-corrected chi connectivity index (χ4v) is 1.66. The van der Waals surface area contributed by atoms with Crippen LogP contribution in [-0.2, 0) is 6.54 Å². The Morgan fingerprint density at radius 2 is 2.32 bits per heavy atom. The molecule has 1 aromatic carbocycles. The van der Waals surface area contributed by atoms with Gasteiger partial charge in [0.1, 0.15) is 5.75 Å². The molecule has 0 saturated carbocycles. The molecule has 1 amide bonds. The largest absolute Gasteiger partial charge is 0.497 e. The lowest BCUT2D eigenvalue weighted by atomic mass is 10.1. The van der Waals surface area contributed by atoms with Gasteiger partial charge in [-0.05, 0) is 25.1 Å². The minimum absolute atomic E-state index is 0.285. The van der Waals surface area contributed by atoms with Crippen molar-refractivity contribution in [2.45, 2.75) is 13.5 Å². The predicted molar refractivity (Wildman–Crippen MR) is 73.3 cm³/mol. The number of aromatic nitrogens is 2. The van der Waals surface area contributed by atoms with Gasteiger partial charge >= 0.3 is 0 Å². The summed E-state index contributed by atoms with van der Waals surface area (Å²) in [6.45, 7) is 2.72. The molecule has 0 atom stereocenters. The van der Waals surface area contributed by atoms with Crippen LogP contribution in [-0.4, -0.2) is 22.8 Å². The number of amides is 1. The maximum atomic E-state index is 12.1. The Kier molecular flexibility index (Phi) is 3.70. The number of carbonyl (C=O) groups excluding carboxylic acids is 1. The van der Waals surface area contributed by atoms with Crippen molar-refractivity contribution in [1.29, 1.82) is 0 Å². The molecule has 0 radical (unpaired) electrons. The Morgan fingerprint density at radius 3 is 2.95 bits per heavy atom. The van der Waals surface area contributed by atoms with Crippen molar-refractivity contribution >= 4 is 17.3 Å². The van der Waals surface area contributed by atoms with E-state index in [0.717, 1.165) is 6.54 Å². The fraction of sp³-hybridized carbons (Fsp3) is 0.231. The first-order valence-electron chi connectivity index (χ1n) is 5.91.